The normalized spacial score (nSPS) is 10.5. The first-order valence-corrected chi connectivity index (χ1v) is 8.77. The van der Waals surface area contributed by atoms with E-state index in [1.54, 1.807) is 46.4 Å². The molecule has 2 aromatic heterocycles. The van der Waals surface area contributed by atoms with Gasteiger partial charge in [0.1, 0.15) is 5.01 Å². The number of nitrogens with one attached hydrogen (secondary N) is 1. The van der Waals surface area contributed by atoms with Crippen molar-refractivity contribution in [3.8, 4) is 0 Å². The zero-order valence-electron chi connectivity index (χ0n) is 11.3. The van der Waals surface area contributed by atoms with Crippen molar-refractivity contribution in [2.45, 2.75) is 17.8 Å². The Balaban J connectivity index is 1.64. The van der Waals surface area contributed by atoms with Crippen LogP contribution in [0.15, 0.2) is 21.9 Å². The Morgan fingerprint density at radius 3 is 3.00 bits per heavy atom. The zero-order valence-corrected chi connectivity index (χ0v) is 13.8. The molecule has 0 radical (unpaired) electrons. The molecule has 0 saturated heterocycles. The molecule has 108 valence electrons. The van der Waals surface area contributed by atoms with Crippen molar-refractivity contribution in [1.82, 2.24) is 20.4 Å². The smallest absolute Gasteiger partial charge is 0.317 e. The average molecular weight is 328 g/mol. The lowest BCUT2D eigenvalue weighted by atomic mass is 10.4. The maximum atomic E-state index is 11.9. The molecule has 2 rings (SSSR count). The quantitative estimate of drug-likeness (QED) is 0.654. The Hall–Kier alpha value is -1.12. The number of thiophene rings is 1. The summed E-state index contributed by atoms with van der Waals surface area (Å²) in [7, 11) is 1.80. The van der Waals surface area contributed by atoms with E-state index >= 15 is 0 Å². The number of nitrogens with zero attached hydrogens (tertiary/aromatic N) is 3. The summed E-state index contributed by atoms with van der Waals surface area (Å²) in [5.41, 5.74) is 0. The highest BCUT2D eigenvalue weighted by atomic mass is 32.2. The summed E-state index contributed by atoms with van der Waals surface area (Å²) in [4.78, 5) is 14.7. The van der Waals surface area contributed by atoms with Crippen molar-refractivity contribution >= 4 is 40.5 Å². The van der Waals surface area contributed by atoms with Gasteiger partial charge in [-0.3, -0.25) is 0 Å². The van der Waals surface area contributed by atoms with Gasteiger partial charge in [0.05, 0.1) is 6.54 Å². The first-order chi connectivity index (χ1) is 9.65. The second kappa shape index (κ2) is 7.61. The third-order valence-electron chi connectivity index (χ3n) is 2.43. The molecule has 0 atom stereocenters. The first kappa shape index (κ1) is 15.3. The Labute approximate surface area is 130 Å². The highest BCUT2D eigenvalue weighted by molar-refractivity contribution is 8.01. The fraction of sp³-hybridized carbons (Fsp3) is 0.417. The van der Waals surface area contributed by atoms with E-state index < -0.39 is 0 Å². The van der Waals surface area contributed by atoms with E-state index in [1.165, 1.54) is 4.88 Å². The van der Waals surface area contributed by atoms with E-state index in [-0.39, 0.29) is 6.03 Å². The molecular weight excluding hydrogens is 312 g/mol. The number of thioether (sulfide) groups is 1. The monoisotopic (exact) mass is 328 g/mol. The van der Waals surface area contributed by atoms with E-state index in [2.05, 4.69) is 15.5 Å². The van der Waals surface area contributed by atoms with Crippen molar-refractivity contribution in [3.63, 3.8) is 0 Å². The maximum Gasteiger partial charge on any atom is 0.317 e. The first-order valence-electron chi connectivity index (χ1n) is 6.09. The SMILES string of the molecule is Cc1nnc(SCCNC(=O)N(C)Cc2cccs2)s1. The van der Waals surface area contributed by atoms with Crippen molar-refractivity contribution < 1.29 is 4.79 Å². The van der Waals surface area contributed by atoms with Crippen molar-refractivity contribution in [2.75, 3.05) is 19.3 Å². The van der Waals surface area contributed by atoms with E-state index in [0.29, 0.717) is 13.1 Å². The fourth-order valence-electron chi connectivity index (χ4n) is 1.48. The zero-order chi connectivity index (χ0) is 14.4. The van der Waals surface area contributed by atoms with Gasteiger partial charge in [-0.25, -0.2) is 4.79 Å². The second-order valence-corrected chi connectivity index (χ2v) is 7.66. The molecule has 0 unspecified atom stereocenters. The van der Waals surface area contributed by atoms with Gasteiger partial charge in [-0.1, -0.05) is 29.2 Å². The molecule has 5 nitrogen and oxygen atoms in total. The molecular formula is C12H16N4OS3. The Morgan fingerprint density at radius 1 is 1.50 bits per heavy atom. The Bertz CT molecular complexity index is 541. The predicted octanol–water partition coefficient (Wildman–Crippen LogP) is 2.84. The molecule has 20 heavy (non-hydrogen) atoms. The average Bonchev–Trinajstić information content (AvgIpc) is 3.06. The molecule has 0 aliphatic rings. The minimum Gasteiger partial charge on any atom is -0.337 e. The number of carbonyl (C=O) groups excluding carboxylic acids is 1. The van der Waals surface area contributed by atoms with Crippen molar-refractivity contribution in [2.24, 2.45) is 0 Å². The lowest BCUT2D eigenvalue weighted by Gasteiger charge is -2.16. The molecule has 2 amide bonds. The molecule has 0 fully saturated rings. The van der Waals surface area contributed by atoms with Gasteiger partial charge in [-0.05, 0) is 18.4 Å². The van der Waals surface area contributed by atoms with Gasteiger partial charge in [0.15, 0.2) is 4.34 Å². The van der Waals surface area contributed by atoms with Gasteiger partial charge in [0.2, 0.25) is 0 Å². The summed E-state index contributed by atoms with van der Waals surface area (Å²) < 4.78 is 0.948. The van der Waals surface area contributed by atoms with E-state index in [9.17, 15) is 4.79 Å². The molecule has 0 aliphatic carbocycles. The number of aromatic nitrogens is 2. The van der Waals surface area contributed by atoms with Gasteiger partial charge < -0.3 is 10.2 Å². The van der Waals surface area contributed by atoms with E-state index in [4.69, 9.17) is 0 Å². The molecule has 0 aliphatic heterocycles. The van der Waals surface area contributed by atoms with Crippen molar-refractivity contribution in [1.29, 1.82) is 0 Å². The van der Waals surface area contributed by atoms with Crippen LogP contribution >= 0.6 is 34.4 Å². The van der Waals surface area contributed by atoms with Crippen molar-refractivity contribution in [3.05, 3.63) is 27.4 Å². The standard InChI is InChI=1S/C12H16N4OS3/c1-9-14-15-12(20-9)19-7-5-13-11(17)16(2)8-10-4-3-6-18-10/h3-4,6H,5,7-8H2,1-2H3,(H,13,17). The van der Waals surface area contributed by atoms with Crippen LogP contribution in [-0.4, -0.2) is 40.5 Å². The van der Waals surface area contributed by atoms with Crippen LogP contribution in [0.4, 0.5) is 4.79 Å². The molecule has 0 saturated carbocycles. The molecule has 1 N–H and O–H groups in total. The topological polar surface area (TPSA) is 58.1 Å². The minimum atomic E-state index is -0.0487. The highest BCUT2D eigenvalue weighted by Crippen LogP contribution is 2.20. The number of amides is 2. The number of hydrogen-bond donors (Lipinski definition) is 1. The summed E-state index contributed by atoms with van der Waals surface area (Å²) in [5, 5.41) is 13.9. The molecule has 2 heterocycles. The van der Waals surface area contributed by atoms with E-state index in [1.807, 2.05) is 24.4 Å². The van der Waals surface area contributed by atoms with Crippen LogP contribution in [0.3, 0.4) is 0 Å². The number of hydrogen-bond acceptors (Lipinski definition) is 6. The van der Waals surface area contributed by atoms with Crippen LogP contribution in [0.1, 0.15) is 9.88 Å². The third kappa shape index (κ3) is 4.77. The summed E-state index contributed by atoms with van der Waals surface area (Å²) in [6.45, 7) is 3.20. The number of carbonyl (C=O) groups is 1. The summed E-state index contributed by atoms with van der Waals surface area (Å²) >= 11 is 4.85. The van der Waals surface area contributed by atoms with E-state index in [0.717, 1.165) is 15.1 Å². The van der Waals surface area contributed by atoms with Crippen LogP contribution in [0.25, 0.3) is 0 Å². The largest absolute Gasteiger partial charge is 0.337 e. The molecule has 2 aromatic rings. The Morgan fingerprint density at radius 2 is 2.35 bits per heavy atom. The van der Waals surface area contributed by atoms with Crippen LogP contribution in [0.2, 0.25) is 0 Å². The molecule has 0 spiro atoms. The van der Waals surface area contributed by atoms with Gasteiger partial charge in [-0.2, -0.15) is 0 Å². The lowest BCUT2D eigenvalue weighted by molar-refractivity contribution is 0.208. The molecule has 8 heteroatoms. The minimum absolute atomic E-state index is 0.0487. The van der Waals surface area contributed by atoms with Gasteiger partial charge >= 0.3 is 6.03 Å². The Kier molecular flexibility index (Phi) is 5.81. The maximum absolute atomic E-state index is 11.9. The van der Waals surface area contributed by atoms with Gasteiger partial charge in [0.25, 0.3) is 0 Å². The van der Waals surface area contributed by atoms with Crippen LogP contribution < -0.4 is 5.32 Å². The molecule has 0 aromatic carbocycles. The summed E-state index contributed by atoms with van der Waals surface area (Å²) in [6.07, 6.45) is 0. The van der Waals surface area contributed by atoms with Crippen LogP contribution in [-0.2, 0) is 6.54 Å². The highest BCUT2D eigenvalue weighted by Gasteiger charge is 2.09. The van der Waals surface area contributed by atoms with Crippen LogP contribution in [0, 0.1) is 6.92 Å². The number of urea groups is 1. The predicted molar refractivity (Wildman–Crippen MR) is 84.6 cm³/mol. The van der Waals surface area contributed by atoms with Crippen LogP contribution in [0.5, 0.6) is 0 Å². The third-order valence-corrected chi connectivity index (χ3v) is 5.27. The molecule has 0 bridgehead atoms. The fourth-order valence-corrected chi connectivity index (χ4v) is 3.97. The lowest BCUT2D eigenvalue weighted by Crippen LogP contribution is -2.37. The summed E-state index contributed by atoms with van der Waals surface area (Å²) in [5.74, 6) is 0.799. The van der Waals surface area contributed by atoms with Gasteiger partial charge in [0, 0.05) is 24.2 Å². The number of rotatable bonds is 6. The summed E-state index contributed by atoms with van der Waals surface area (Å²) in [6, 6.07) is 3.97. The number of aryl methyl sites for hydroxylation is 1. The van der Waals surface area contributed by atoms with Gasteiger partial charge in [-0.15, -0.1) is 21.5 Å². The second-order valence-electron chi connectivity index (χ2n) is 4.10.